The molecule has 0 bridgehead atoms. The molecule has 3 aromatic rings. The van der Waals surface area contributed by atoms with Gasteiger partial charge in [0.05, 0.1) is 15.9 Å². The summed E-state index contributed by atoms with van der Waals surface area (Å²) < 4.78 is 9.59. The summed E-state index contributed by atoms with van der Waals surface area (Å²) in [7, 11) is 3.52. The molecule has 0 saturated heterocycles. The van der Waals surface area contributed by atoms with Gasteiger partial charge in [-0.3, -0.25) is 9.13 Å². The zero-order valence-corrected chi connectivity index (χ0v) is 15.2. The van der Waals surface area contributed by atoms with Crippen molar-refractivity contribution < 1.29 is 4.42 Å². The number of hydrogen-bond donors (Lipinski definition) is 0. The summed E-state index contributed by atoms with van der Waals surface area (Å²) in [5.41, 5.74) is 2.65. The Balaban J connectivity index is 2.21. The third-order valence-electron chi connectivity index (χ3n) is 3.51. The van der Waals surface area contributed by atoms with Crippen LogP contribution in [-0.2, 0) is 14.1 Å². The first-order valence-electron chi connectivity index (χ1n) is 6.14. The van der Waals surface area contributed by atoms with Crippen LogP contribution in [-0.4, -0.2) is 9.13 Å². The highest BCUT2D eigenvalue weighted by atomic mass is 79.9. The van der Waals surface area contributed by atoms with Crippen molar-refractivity contribution in [1.29, 1.82) is 0 Å². The molecule has 0 fully saturated rings. The number of rotatable bonds is 2. The molecule has 0 aliphatic rings. The molecule has 0 N–H and O–H groups in total. The topological polar surface area (TPSA) is 40.1 Å². The Morgan fingerprint density at radius 3 is 2.38 bits per heavy atom. The van der Waals surface area contributed by atoms with Crippen molar-refractivity contribution in [2.24, 2.45) is 14.1 Å². The van der Waals surface area contributed by atoms with Crippen LogP contribution in [0.25, 0.3) is 11.0 Å². The Bertz CT molecular complexity index is 894. The van der Waals surface area contributed by atoms with Gasteiger partial charge in [-0.15, -0.1) is 0 Å². The van der Waals surface area contributed by atoms with Gasteiger partial charge in [0.25, 0.3) is 0 Å². The molecule has 2 heterocycles. The maximum atomic E-state index is 12.0. The SMILES string of the molecule is Cn1c(=O)n(C)c2cc(C(Br)c3ccc(Cl)o3)c(Br)cc21. The highest BCUT2D eigenvalue weighted by molar-refractivity contribution is 9.11. The van der Waals surface area contributed by atoms with Gasteiger partial charge >= 0.3 is 5.69 Å². The van der Waals surface area contributed by atoms with Crippen LogP contribution in [0.1, 0.15) is 16.2 Å². The summed E-state index contributed by atoms with van der Waals surface area (Å²) in [4.78, 5) is 11.9. The molecular weight excluding hydrogens is 423 g/mol. The van der Waals surface area contributed by atoms with Crippen molar-refractivity contribution in [3.63, 3.8) is 0 Å². The van der Waals surface area contributed by atoms with Crippen LogP contribution in [0.2, 0.25) is 5.22 Å². The molecule has 0 radical (unpaired) electrons. The van der Waals surface area contributed by atoms with E-state index in [1.165, 1.54) is 0 Å². The number of hydrogen-bond acceptors (Lipinski definition) is 2. The maximum Gasteiger partial charge on any atom is 0.328 e. The quantitative estimate of drug-likeness (QED) is 0.562. The summed E-state index contributed by atoms with van der Waals surface area (Å²) in [6.45, 7) is 0. The number of nitrogens with zero attached hydrogens (tertiary/aromatic N) is 2. The van der Waals surface area contributed by atoms with Gasteiger partial charge in [0.2, 0.25) is 0 Å². The predicted octanol–water partition coefficient (Wildman–Crippen LogP) is 4.37. The van der Waals surface area contributed by atoms with Crippen molar-refractivity contribution in [2.75, 3.05) is 0 Å². The van der Waals surface area contributed by atoms with E-state index in [2.05, 4.69) is 31.9 Å². The fourth-order valence-corrected chi connectivity index (χ4v) is 3.99. The van der Waals surface area contributed by atoms with Crippen LogP contribution in [0.3, 0.4) is 0 Å². The van der Waals surface area contributed by atoms with Crippen LogP contribution in [0.5, 0.6) is 0 Å². The zero-order valence-electron chi connectivity index (χ0n) is 11.2. The Morgan fingerprint density at radius 2 is 1.81 bits per heavy atom. The van der Waals surface area contributed by atoms with Crippen LogP contribution < -0.4 is 5.69 Å². The van der Waals surface area contributed by atoms with Crippen molar-refractivity contribution in [3.8, 4) is 0 Å². The molecule has 0 amide bonds. The number of alkyl halides is 1. The average Bonchev–Trinajstić information content (AvgIpc) is 2.97. The van der Waals surface area contributed by atoms with E-state index in [0.29, 0.717) is 11.0 Å². The molecule has 1 aromatic carbocycles. The minimum atomic E-state index is -0.154. The van der Waals surface area contributed by atoms with E-state index in [9.17, 15) is 4.79 Å². The van der Waals surface area contributed by atoms with E-state index in [0.717, 1.165) is 21.1 Å². The van der Waals surface area contributed by atoms with Gasteiger partial charge in [-0.05, 0) is 41.4 Å². The number of halogens is 3. The predicted molar refractivity (Wildman–Crippen MR) is 90.3 cm³/mol. The van der Waals surface area contributed by atoms with Crippen molar-refractivity contribution >= 4 is 54.5 Å². The molecule has 7 heteroatoms. The second kappa shape index (κ2) is 5.34. The molecule has 0 aliphatic heterocycles. The average molecular weight is 435 g/mol. The van der Waals surface area contributed by atoms with Crippen molar-refractivity contribution in [1.82, 2.24) is 9.13 Å². The second-order valence-corrected chi connectivity index (χ2v) is 6.91. The lowest BCUT2D eigenvalue weighted by molar-refractivity contribution is 0.521. The lowest BCUT2D eigenvalue weighted by atomic mass is 10.1. The highest BCUT2D eigenvalue weighted by Crippen LogP contribution is 2.38. The second-order valence-electron chi connectivity index (χ2n) is 4.77. The highest BCUT2D eigenvalue weighted by Gasteiger charge is 2.20. The molecule has 0 spiro atoms. The minimum Gasteiger partial charge on any atom is -0.448 e. The molecule has 2 aromatic heterocycles. The van der Waals surface area contributed by atoms with Gasteiger partial charge in [0.1, 0.15) is 5.76 Å². The number of aromatic nitrogens is 2. The van der Waals surface area contributed by atoms with Gasteiger partial charge in [-0.1, -0.05) is 31.9 Å². The molecule has 0 saturated carbocycles. The van der Waals surface area contributed by atoms with Crippen LogP contribution in [0.15, 0.2) is 37.9 Å². The Kier molecular flexibility index (Phi) is 3.80. The molecule has 1 unspecified atom stereocenters. The summed E-state index contributed by atoms with van der Waals surface area (Å²) in [5, 5.41) is 0.346. The largest absolute Gasteiger partial charge is 0.448 e. The number of imidazole rings is 1. The fourth-order valence-electron chi connectivity index (χ4n) is 2.35. The molecule has 110 valence electrons. The van der Waals surface area contributed by atoms with E-state index in [1.807, 2.05) is 18.2 Å². The van der Waals surface area contributed by atoms with Crippen LogP contribution >= 0.6 is 43.5 Å². The van der Waals surface area contributed by atoms with E-state index < -0.39 is 0 Å². The monoisotopic (exact) mass is 432 g/mol. The summed E-state index contributed by atoms with van der Waals surface area (Å²) >= 11 is 13.0. The molecule has 1 atom stereocenters. The summed E-state index contributed by atoms with van der Waals surface area (Å²) in [6, 6.07) is 7.43. The molecule has 0 aliphatic carbocycles. The third-order valence-corrected chi connectivity index (χ3v) is 5.34. The number of fused-ring (bicyclic) bond motifs is 1. The van der Waals surface area contributed by atoms with E-state index in [4.69, 9.17) is 16.0 Å². The Hall–Kier alpha value is -0.980. The lowest BCUT2D eigenvalue weighted by Gasteiger charge is -2.11. The van der Waals surface area contributed by atoms with Gasteiger partial charge in [0, 0.05) is 18.6 Å². The first-order chi connectivity index (χ1) is 9.90. The lowest BCUT2D eigenvalue weighted by Crippen LogP contribution is -2.19. The standard InChI is InChI=1S/C14H11Br2ClN2O2/c1-18-9-5-7(13(16)11-3-4-12(17)21-11)8(15)6-10(9)19(2)14(18)20/h3-6,13H,1-2H3. The number of aryl methyl sites for hydroxylation is 2. The first-order valence-corrected chi connectivity index (χ1v) is 8.23. The molecular formula is C14H11Br2ClN2O2. The Morgan fingerprint density at radius 1 is 1.19 bits per heavy atom. The minimum absolute atomic E-state index is 0.0544. The molecule has 3 rings (SSSR count). The van der Waals surface area contributed by atoms with Crippen molar-refractivity contribution in [3.05, 3.63) is 55.8 Å². The fraction of sp³-hybridized carbons (Fsp3) is 0.214. The zero-order chi connectivity index (χ0) is 15.3. The third kappa shape index (κ3) is 2.39. The summed E-state index contributed by atoms with van der Waals surface area (Å²) in [6.07, 6.45) is 0. The maximum absolute atomic E-state index is 12.0. The number of benzene rings is 1. The van der Waals surface area contributed by atoms with E-state index in [1.54, 1.807) is 29.3 Å². The van der Waals surface area contributed by atoms with Crippen LogP contribution in [0.4, 0.5) is 0 Å². The summed E-state index contributed by atoms with van der Waals surface area (Å²) in [5.74, 6) is 0.709. The van der Waals surface area contributed by atoms with Crippen molar-refractivity contribution in [2.45, 2.75) is 4.83 Å². The Labute approximate surface area is 142 Å². The smallest absolute Gasteiger partial charge is 0.328 e. The van der Waals surface area contributed by atoms with Gasteiger partial charge in [0.15, 0.2) is 5.22 Å². The van der Waals surface area contributed by atoms with Gasteiger partial charge in [-0.2, -0.15) is 0 Å². The number of furan rings is 1. The van der Waals surface area contributed by atoms with E-state index >= 15 is 0 Å². The van der Waals surface area contributed by atoms with Crippen LogP contribution in [0, 0.1) is 0 Å². The molecule has 4 nitrogen and oxygen atoms in total. The molecule has 21 heavy (non-hydrogen) atoms. The van der Waals surface area contributed by atoms with E-state index in [-0.39, 0.29) is 10.5 Å². The van der Waals surface area contributed by atoms with Gasteiger partial charge in [-0.25, -0.2) is 4.79 Å². The van der Waals surface area contributed by atoms with Gasteiger partial charge < -0.3 is 4.42 Å². The normalized spacial score (nSPS) is 13.0. The first kappa shape index (κ1) is 14.9.